The molecule has 1 saturated heterocycles. The van der Waals surface area contributed by atoms with Crippen LogP contribution in [-0.4, -0.2) is 33.0 Å². The monoisotopic (exact) mass is 227 g/mol. The van der Waals surface area contributed by atoms with Gasteiger partial charge in [0.2, 0.25) is 0 Å². The fraction of sp³-hybridized carbons (Fsp3) is 0.333. The van der Waals surface area contributed by atoms with E-state index in [0.29, 0.717) is 5.92 Å². The second-order valence-corrected chi connectivity index (χ2v) is 4.25. The molecule has 1 aliphatic rings. The van der Waals surface area contributed by atoms with Gasteiger partial charge in [-0.15, -0.1) is 0 Å². The normalized spacial score (nSPS) is 15.7. The average Bonchev–Trinajstić information content (AvgIpc) is 2.28. The Bertz CT molecular complexity index is 507. The molecule has 0 spiro atoms. The fourth-order valence-corrected chi connectivity index (χ4v) is 2.01. The van der Waals surface area contributed by atoms with E-state index in [4.69, 9.17) is 0 Å². The second kappa shape index (κ2) is 4.08. The molecule has 0 radical (unpaired) electrons. The molecule has 0 aromatic carbocycles. The van der Waals surface area contributed by atoms with Crippen LogP contribution in [0.15, 0.2) is 31.0 Å². The molecular weight excluding hydrogens is 214 g/mol. The molecule has 17 heavy (non-hydrogen) atoms. The van der Waals surface area contributed by atoms with Crippen LogP contribution in [0.4, 0.5) is 5.82 Å². The van der Waals surface area contributed by atoms with Crippen LogP contribution in [-0.2, 0) is 0 Å². The number of hydrogen-bond acceptors (Lipinski definition) is 5. The minimum atomic E-state index is 0.494. The van der Waals surface area contributed by atoms with Crippen LogP contribution in [0.5, 0.6) is 0 Å². The van der Waals surface area contributed by atoms with E-state index in [1.54, 1.807) is 18.9 Å². The summed E-state index contributed by atoms with van der Waals surface area (Å²) in [7, 11) is 0. The molecule has 0 atom stereocenters. The molecule has 1 fully saturated rings. The molecule has 0 amide bonds. The van der Waals surface area contributed by atoms with Crippen molar-refractivity contribution >= 4 is 5.82 Å². The predicted molar refractivity (Wildman–Crippen MR) is 63.8 cm³/mol. The summed E-state index contributed by atoms with van der Waals surface area (Å²) in [4.78, 5) is 18.8. The van der Waals surface area contributed by atoms with Crippen LogP contribution in [0.25, 0.3) is 0 Å². The lowest BCUT2D eigenvalue weighted by atomic mass is 9.96. The van der Waals surface area contributed by atoms with Crippen LogP contribution < -0.4 is 4.90 Å². The SMILES string of the molecule is Cc1cc(N2CC(c3ccncn3)C2)ncn1. The summed E-state index contributed by atoms with van der Waals surface area (Å²) in [6.45, 7) is 3.91. The van der Waals surface area contributed by atoms with E-state index in [-0.39, 0.29) is 0 Å². The van der Waals surface area contributed by atoms with Crippen molar-refractivity contribution in [3.8, 4) is 0 Å². The summed E-state index contributed by atoms with van der Waals surface area (Å²) in [5, 5.41) is 0. The maximum absolute atomic E-state index is 4.28. The van der Waals surface area contributed by atoms with Gasteiger partial charge in [0.25, 0.3) is 0 Å². The van der Waals surface area contributed by atoms with Crippen LogP contribution in [0, 0.1) is 6.92 Å². The van der Waals surface area contributed by atoms with Gasteiger partial charge < -0.3 is 4.90 Å². The number of hydrogen-bond donors (Lipinski definition) is 0. The van der Waals surface area contributed by atoms with E-state index < -0.39 is 0 Å². The first-order chi connectivity index (χ1) is 8.33. The lowest BCUT2D eigenvalue weighted by Gasteiger charge is -2.39. The molecule has 5 heteroatoms. The predicted octanol–water partition coefficient (Wildman–Crippen LogP) is 1.18. The van der Waals surface area contributed by atoms with Gasteiger partial charge in [-0.2, -0.15) is 0 Å². The zero-order chi connectivity index (χ0) is 11.7. The highest BCUT2D eigenvalue weighted by Crippen LogP contribution is 2.28. The Kier molecular flexibility index (Phi) is 2.44. The molecule has 0 aliphatic carbocycles. The van der Waals surface area contributed by atoms with Gasteiger partial charge in [-0.1, -0.05) is 0 Å². The quantitative estimate of drug-likeness (QED) is 0.771. The summed E-state index contributed by atoms with van der Waals surface area (Å²) in [5.41, 5.74) is 2.11. The topological polar surface area (TPSA) is 54.8 Å². The number of aryl methyl sites for hydroxylation is 1. The summed E-state index contributed by atoms with van der Waals surface area (Å²) < 4.78 is 0. The molecule has 2 aromatic heterocycles. The Morgan fingerprint density at radius 2 is 2.06 bits per heavy atom. The van der Waals surface area contributed by atoms with Crippen LogP contribution >= 0.6 is 0 Å². The maximum atomic E-state index is 4.28. The van der Waals surface area contributed by atoms with E-state index >= 15 is 0 Å². The maximum Gasteiger partial charge on any atom is 0.132 e. The highest BCUT2D eigenvalue weighted by Gasteiger charge is 2.29. The average molecular weight is 227 g/mol. The van der Waals surface area contributed by atoms with E-state index in [1.165, 1.54) is 0 Å². The van der Waals surface area contributed by atoms with Gasteiger partial charge >= 0.3 is 0 Å². The van der Waals surface area contributed by atoms with Crippen molar-refractivity contribution in [2.24, 2.45) is 0 Å². The summed E-state index contributed by atoms with van der Waals surface area (Å²) in [6, 6.07) is 3.99. The van der Waals surface area contributed by atoms with Gasteiger partial charge in [0.05, 0.1) is 5.69 Å². The third kappa shape index (κ3) is 1.95. The molecule has 2 aromatic rings. The Balaban J connectivity index is 1.69. The van der Waals surface area contributed by atoms with Gasteiger partial charge in [0.15, 0.2) is 0 Å². The third-order valence-corrected chi connectivity index (χ3v) is 3.02. The summed E-state index contributed by atoms with van der Waals surface area (Å²) in [5.74, 6) is 1.50. The highest BCUT2D eigenvalue weighted by molar-refractivity contribution is 5.44. The molecule has 86 valence electrons. The van der Waals surface area contributed by atoms with Crippen molar-refractivity contribution in [1.82, 2.24) is 19.9 Å². The second-order valence-electron chi connectivity index (χ2n) is 4.25. The molecule has 3 rings (SSSR count). The van der Waals surface area contributed by atoms with Crippen molar-refractivity contribution in [1.29, 1.82) is 0 Å². The molecule has 5 nitrogen and oxygen atoms in total. The van der Waals surface area contributed by atoms with Crippen LogP contribution in [0.1, 0.15) is 17.3 Å². The third-order valence-electron chi connectivity index (χ3n) is 3.02. The lowest BCUT2D eigenvalue weighted by Crippen LogP contribution is -2.45. The van der Waals surface area contributed by atoms with E-state index in [2.05, 4.69) is 24.8 Å². The van der Waals surface area contributed by atoms with Crippen LogP contribution in [0.3, 0.4) is 0 Å². The molecule has 0 N–H and O–H groups in total. The molecular formula is C12H13N5. The van der Waals surface area contributed by atoms with E-state index in [1.807, 2.05) is 19.1 Å². The van der Waals surface area contributed by atoms with E-state index in [9.17, 15) is 0 Å². The minimum Gasteiger partial charge on any atom is -0.355 e. The molecule has 1 aliphatic heterocycles. The van der Waals surface area contributed by atoms with Crippen molar-refractivity contribution in [2.75, 3.05) is 18.0 Å². The fourth-order valence-electron chi connectivity index (χ4n) is 2.01. The standard InChI is InChI=1S/C12H13N5/c1-9-4-12(16-8-14-9)17-5-10(6-17)11-2-3-13-7-15-11/h2-4,7-8,10H,5-6H2,1H3. The number of nitrogens with zero attached hydrogens (tertiary/aromatic N) is 5. The Hall–Kier alpha value is -2.04. The smallest absolute Gasteiger partial charge is 0.132 e. The molecule has 3 heterocycles. The van der Waals surface area contributed by atoms with Crippen molar-refractivity contribution in [3.63, 3.8) is 0 Å². The first-order valence-corrected chi connectivity index (χ1v) is 5.62. The van der Waals surface area contributed by atoms with Crippen LogP contribution in [0.2, 0.25) is 0 Å². The highest BCUT2D eigenvalue weighted by atomic mass is 15.2. The van der Waals surface area contributed by atoms with Crippen molar-refractivity contribution in [3.05, 3.63) is 42.4 Å². The summed E-state index contributed by atoms with van der Waals surface area (Å²) in [6.07, 6.45) is 5.01. The molecule has 0 bridgehead atoms. The van der Waals surface area contributed by atoms with Crippen molar-refractivity contribution < 1.29 is 0 Å². The van der Waals surface area contributed by atoms with Gasteiger partial charge in [-0.3, -0.25) is 0 Å². The van der Waals surface area contributed by atoms with Gasteiger partial charge in [-0.25, -0.2) is 19.9 Å². The van der Waals surface area contributed by atoms with Gasteiger partial charge in [0.1, 0.15) is 18.5 Å². The number of anilines is 1. The number of aromatic nitrogens is 4. The largest absolute Gasteiger partial charge is 0.355 e. The molecule has 0 saturated carbocycles. The van der Waals surface area contributed by atoms with E-state index in [0.717, 1.165) is 30.3 Å². The zero-order valence-electron chi connectivity index (χ0n) is 9.61. The Morgan fingerprint density at radius 3 is 2.76 bits per heavy atom. The molecule has 0 unspecified atom stereocenters. The first kappa shape index (κ1) is 10.1. The number of rotatable bonds is 2. The zero-order valence-corrected chi connectivity index (χ0v) is 9.61. The Morgan fingerprint density at radius 1 is 1.18 bits per heavy atom. The lowest BCUT2D eigenvalue weighted by molar-refractivity contribution is 0.507. The van der Waals surface area contributed by atoms with Gasteiger partial charge in [0, 0.05) is 37.0 Å². The van der Waals surface area contributed by atoms with Crippen molar-refractivity contribution in [2.45, 2.75) is 12.8 Å². The van der Waals surface area contributed by atoms with Gasteiger partial charge in [-0.05, 0) is 13.0 Å². The Labute approximate surface area is 99.6 Å². The minimum absolute atomic E-state index is 0.494. The first-order valence-electron chi connectivity index (χ1n) is 5.62. The summed E-state index contributed by atoms with van der Waals surface area (Å²) >= 11 is 0.